The van der Waals surface area contributed by atoms with Crippen molar-refractivity contribution in [1.29, 1.82) is 0 Å². The standard InChI is InChI=1S/C12H7ClF3N/c13-10-9(8-4-2-1-3-5-8)6-7-17-11(10)12(14,15)16/h1-7H. The fourth-order valence-electron chi connectivity index (χ4n) is 1.48. The van der Waals surface area contributed by atoms with Gasteiger partial charge in [0.15, 0.2) is 5.69 Å². The van der Waals surface area contributed by atoms with Gasteiger partial charge in [-0.25, -0.2) is 0 Å². The predicted molar refractivity (Wildman–Crippen MR) is 59.7 cm³/mol. The number of alkyl halides is 3. The van der Waals surface area contributed by atoms with Gasteiger partial charge in [-0.05, 0) is 11.6 Å². The Hall–Kier alpha value is -1.55. The van der Waals surface area contributed by atoms with E-state index in [1.165, 1.54) is 6.07 Å². The lowest BCUT2D eigenvalue weighted by atomic mass is 10.1. The third kappa shape index (κ3) is 2.42. The van der Waals surface area contributed by atoms with E-state index in [-0.39, 0.29) is 5.02 Å². The molecule has 17 heavy (non-hydrogen) atoms. The van der Waals surface area contributed by atoms with Gasteiger partial charge >= 0.3 is 6.18 Å². The van der Waals surface area contributed by atoms with Crippen molar-refractivity contribution in [2.75, 3.05) is 0 Å². The van der Waals surface area contributed by atoms with E-state index in [1.54, 1.807) is 30.3 Å². The molecule has 0 amide bonds. The van der Waals surface area contributed by atoms with Crippen molar-refractivity contribution in [1.82, 2.24) is 4.98 Å². The van der Waals surface area contributed by atoms with Gasteiger partial charge in [0, 0.05) is 11.8 Å². The smallest absolute Gasteiger partial charge is 0.250 e. The van der Waals surface area contributed by atoms with Crippen molar-refractivity contribution in [2.24, 2.45) is 0 Å². The molecule has 88 valence electrons. The highest BCUT2D eigenvalue weighted by atomic mass is 35.5. The third-order valence-corrected chi connectivity index (χ3v) is 2.63. The van der Waals surface area contributed by atoms with E-state index in [9.17, 15) is 13.2 Å². The zero-order valence-corrected chi connectivity index (χ0v) is 9.26. The average molecular weight is 258 g/mol. The number of rotatable bonds is 1. The summed E-state index contributed by atoms with van der Waals surface area (Å²) in [6.07, 6.45) is -3.43. The van der Waals surface area contributed by atoms with Crippen molar-refractivity contribution >= 4 is 11.6 Å². The van der Waals surface area contributed by atoms with Crippen LogP contribution in [0, 0.1) is 0 Å². The summed E-state index contributed by atoms with van der Waals surface area (Å²) in [5.74, 6) is 0. The van der Waals surface area contributed by atoms with Crippen LogP contribution in [0.15, 0.2) is 42.6 Å². The SMILES string of the molecule is FC(F)(F)c1nccc(-c2ccccc2)c1Cl. The number of pyridine rings is 1. The Kier molecular flexibility index (Phi) is 3.07. The van der Waals surface area contributed by atoms with Crippen LogP contribution in [0.1, 0.15) is 5.69 Å². The second-order valence-corrected chi connectivity index (χ2v) is 3.76. The molecule has 0 aliphatic heterocycles. The van der Waals surface area contributed by atoms with E-state index in [2.05, 4.69) is 4.98 Å². The van der Waals surface area contributed by atoms with Crippen molar-refractivity contribution in [3.63, 3.8) is 0 Å². The van der Waals surface area contributed by atoms with Gasteiger partial charge in [0.1, 0.15) is 0 Å². The molecule has 1 heterocycles. The second-order valence-electron chi connectivity index (χ2n) is 3.38. The number of halogens is 4. The maximum Gasteiger partial charge on any atom is 0.434 e. The predicted octanol–water partition coefficient (Wildman–Crippen LogP) is 4.42. The molecule has 0 unspecified atom stereocenters. The molecule has 0 saturated carbocycles. The highest BCUT2D eigenvalue weighted by Crippen LogP contribution is 2.37. The van der Waals surface area contributed by atoms with E-state index < -0.39 is 11.9 Å². The van der Waals surface area contributed by atoms with Crippen LogP contribution in [0.25, 0.3) is 11.1 Å². The van der Waals surface area contributed by atoms with Crippen LogP contribution in [-0.4, -0.2) is 4.98 Å². The Balaban J connectivity index is 2.58. The molecule has 2 aromatic rings. The Morgan fingerprint density at radius 1 is 1.00 bits per heavy atom. The van der Waals surface area contributed by atoms with E-state index in [0.717, 1.165) is 6.20 Å². The first kappa shape index (κ1) is 11.9. The summed E-state index contributed by atoms with van der Waals surface area (Å²) in [5.41, 5.74) is -0.0967. The monoisotopic (exact) mass is 257 g/mol. The highest BCUT2D eigenvalue weighted by Gasteiger charge is 2.36. The number of hydrogen-bond acceptors (Lipinski definition) is 1. The Labute approximate surface area is 101 Å². The van der Waals surface area contributed by atoms with Crippen molar-refractivity contribution in [3.8, 4) is 11.1 Å². The third-order valence-electron chi connectivity index (χ3n) is 2.24. The molecule has 0 atom stereocenters. The summed E-state index contributed by atoms with van der Waals surface area (Å²) in [7, 11) is 0. The lowest BCUT2D eigenvalue weighted by molar-refractivity contribution is -0.141. The van der Waals surface area contributed by atoms with Crippen LogP contribution in [0.5, 0.6) is 0 Å². The Morgan fingerprint density at radius 2 is 1.65 bits per heavy atom. The van der Waals surface area contributed by atoms with E-state index >= 15 is 0 Å². The molecule has 0 spiro atoms. The first-order chi connectivity index (χ1) is 8.00. The van der Waals surface area contributed by atoms with Crippen molar-refractivity contribution in [2.45, 2.75) is 6.18 Å². The largest absolute Gasteiger partial charge is 0.434 e. The second kappa shape index (κ2) is 4.37. The van der Waals surface area contributed by atoms with Gasteiger partial charge in [-0.15, -0.1) is 0 Å². The van der Waals surface area contributed by atoms with Gasteiger partial charge in [0.25, 0.3) is 0 Å². The molecule has 1 aromatic heterocycles. The summed E-state index contributed by atoms with van der Waals surface area (Å²) < 4.78 is 37.8. The van der Waals surface area contributed by atoms with Gasteiger partial charge in [-0.3, -0.25) is 4.98 Å². The number of hydrogen-bond donors (Lipinski definition) is 0. The van der Waals surface area contributed by atoms with Crippen molar-refractivity contribution in [3.05, 3.63) is 53.3 Å². The molecular formula is C12H7ClF3N. The molecule has 2 rings (SSSR count). The van der Waals surface area contributed by atoms with Gasteiger partial charge < -0.3 is 0 Å². The normalized spacial score (nSPS) is 11.5. The summed E-state index contributed by atoms with van der Waals surface area (Å²) in [5, 5.41) is -0.369. The summed E-state index contributed by atoms with van der Waals surface area (Å²) in [4.78, 5) is 3.28. The van der Waals surface area contributed by atoms with Gasteiger partial charge in [0.05, 0.1) is 5.02 Å². The van der Waals surface area contributed by atoms with Crippen LogP contribution >= 0.6 is 11.6 Å². The summed E-state index contributed by atoms with van der Waals surface area (Å²) in [6.45, 7) is 0. The van der Waals surface area contributed by atoms with Crippen LogP contribution in [0.2, 0.25) is 5.02 Å². The first-order valence-corrected chi connectivity index (χ1v) is 5.15. The van der Waals surface area contributed by atoms with Crippen LogP contribution in [-0.2, 0) is 6.18 Å². The molecule has 0 aliphatic rings. The van der Waals surface area contributed by atoms with Crippen LogP contribution in [0.3, 0.4) is 0 Å². The van der Waals surface area contributed by atoms with E-state index in [4.69, 9.17) is 11.6 Å². The number of benzene rings is 1. The zero-order chi connectivity index (χ0) is 12.5. The molecule has 0 radical (unpaired) electrons. The molecule has 0 N–H and O–H groups in total. The maximum atomic E-state index is 12.6. The zero-order valence-electron chi connectivity index (χ0n) is 8.50. The first-order valence-electron chi connectivity index (χ1n) is 4.77. The molecule has 0 fully saturated rings. The minimum atomic E-state index is -4.54. The van der Waals surface area contributed by atoms with E-state index in [1.807, 2.05) is 0 Å². The van der Waals surface area contributed by atoms with Gasteiger partial charge in [-0.1, -0.05) is 41.9 Å². The lowest BCUT2D eigenvalue weighted by Gasteiger charge is -2.11. The minimum absolute atomic E-state index is 0.328. The van der Waals surface area contributed by atoms with Crippen LogP contribution < -0.4 is 0 Å². The molecule has 5 heteroatoms. The summed E-state index contributed by atoms with van der Waals surface area (Å²) >= 11 is 5.75. The molecule has 1 nitrogen and oxygen atoms in total. The molecule has 0 bridgehead atoms. The maximum absolute atomic E-state index is 12.6. The Morgan fingerprint density at radius 3 is 2.24 bits per heavy atom. The van der Waals surface area contributed by atoms with Crippen molar-refractivity contribution < 1.29 is 13.2 Å². The van der Waals surface area contributed by atoms with Crippen LogP contribution in [0.4, 0.5) is 13.2 Å². The van der Waals surface area contributed by atoms with Gasteiger partial charge in [0.2, 0.25) is 0 Å². The fourth-order valence-corrected chi connectivity index (χ4v) is 1.81. The quantitative estimate of drug-likeness (QED) is 0.737. The molecule has 0 saturated heterocycles. The topological polar surface area (TPSA) is 12.9 Å². The van der Waals surface area contributed by atoms with Gasteiger partial charge in [-0.2, -0.15) is 13.2 Å². The average Bonchev–Trinajstić information content (AvgIpc) is 2.29. The molecule has 0 aliphatic carbocycles. The highest BCUT2D eigenvalue weighted by molar-refractivity contribution is 6.34. The fraction of sp³-hybridized carbons (Fsp3) is 0.0833. The lowest BCUT2D eigenvalue weighted by Crippen LogP contribution is -2.09. The number of aromatic nitrogens is 1. The molecule has 1 aromatic carbocycles. The number of nitrogens with zero attached hydrogens (tertiary/aromatic N) is 1. The molecular weight excluding hydrogens is 251 g/mol. The van der Waals surface area contributed by atoms with E-state index in [0.29, 0.717) is 11.1 Å². The Bertz CT molecular complexity index is 523. The minimum Gasteiger partial charge on any atom is -0.250 e. The summed E-state index contributed by atoms with van der Waals surface area (Å²) in [6, 6.07) is 10.1.